The van der Waals surface area contributed by atoms with Crippen LogP contribution in [0.4, 0.5) is 14.5 Å². The van der Waals surface area contributed by atoms with E-state index >= 15 is 0 Å². The van der Waals surface area contributed by atoms with Crippen molar-refractivity contribution in [2.24, 2.45) is 5.92 Å². The Bertz CT molecular complexity index is 850. The number of nitrogens with zero attached hydrogens (tertiary/aromatic N) is 1. The lowest BCUT2D eigenvalue weighted by Crippen LogP contribution is -2.22. The number of benzene rings is 1. The van der Waals surface area contributed by atoms with E-state index in [1.165, 1.54) is 28.8 Å². The van der Waals surface area contributed by atoms with E-state index < -0.39 is 11.6 Å². The average Bonchev–Trinajstić information content (AvgIpc) is 3.36. The summed E-state index contributed by atoms with van der Waals surface area (Å²) in [5.41, 5.74) is 0.658. The Morgan fingerprint density at radius 2 is 2.12 bits per heavy atom. The van der Waals surface area contributed by atoms with Gasteiger partial charge in [0.05, 0.1) is 12.3 Å². The molecule has 0 aliphatic heterocycles. The van der Waals surface area contributed by atoms with Gasteiger partial charge in [-0.25, -0.2) is 8.78 Å². The zero-order chi connectivity index (χ0) is 18.0. The Kier molecular flexibility index (Phi) is 4.94. The highest BCUT2D eigenvalue weighted by atomic mass is 19.1. The smallest absolute Gasteiger partial charge is 0.250 e. The number of methoxy groups -OCH3 is 1. The molecule has 1 aliphatic carbocycles. The molecule has 3 rings (SSSR count). The molecule has 1 aromatic carbocycles. The Morgan fingerprint density at radius 1 is 1.32 bits per heavy atom. The zero-order valence-electron chi connectivity index (χ0n) is 13.7. The van der Waals surface area contributed by atoms with Crippen LogP contribution in [0.5, 0.6) is 0 Å². The number of aromatic nitrogens is 1. The fraction of sp³-hybridized carbons (Fsp3) is 0.333. The minimum atomic E-state index is -0.638. The second-order valence-corrected chi connectivity index (χ2v) is 6.05. The number of rotatable bonds is 6. The summed E-state index contributed by atoms with van der Waals surface area (Å²) >= 11 is 0. The molecule has 1 aromatic heterocycles. The van der Waals surface area contributed by atoms with Crippen molar-refractivity contribution in [1.29, 1.82) is 0 Å². The van der Waals surface area contributed by atoms with Crippen LogP contribution in [0.25, 0.3) is 0 Å². The molecule has 5 nitrogen and oxygen atoms in total. The van der Waals surface area contributed by atoms with Crippen LogP contribution in [0.2, 0.25) is 0 Å². The van der Waals surface area contributed by atoms with Gasteiger partial charge in [0.15, 0.2) is 0 Å². The second-order valence-electron chi connectivity index (χ2n) is 6.05. The van der Waals surface area contributed by atoms with E-state index in [-0.39, 0.29) is 23.3 Å². The Labute approximate surface area is 143 Å². The van der Waals surface area contributed by atoms with Crippen molar-refractivity contribution >= 4 is 11.6 Å². The normalized spacial score (nSPS) is 18.8. The van der Waals surface area contributed by atoms with Gasteiger partial charge in [0.1, 0.15) is 11.6 Å². The highest BCUT2D eigenvalue weighted by Gasteiger charge is 2.45. The van der Waals surface area contributed by atoms with E-state index in [1.807, 2.05) is 0 Å². The van der Waals surface area contributed by atoms with Crippen molar-refractivity contribution in [3.63, 3.8) is 0 Å². The standard InChI is InChI=1S/C18H18F2N2O3/c1-25-7-6-22-10-12(3-5-17(22)23)21-18(24)15-9-14(15)13-4-2-11(19)8-16(13)20/h2-5,8,10,14-15H,6-7,9H2,1H3,(H,21,24)/t14-,15-/m0/s1. The summed E-state index contributed by atoms with van der Waals surface area (Å²) in [5, 5.41) is 2.74. The molecule has 0 bridgehead atoms. The Balaban J connectivity index is 1.66. The van der Waals surface area contributed by atoms with Crippen molar-refractivity contribution in [2.45, 2.75) is 18.9 Å². The first-order chi connectivity index (χ1) is 12.0. The van der Waals surface area contributed by atoms with Gasteiger partial charge in [-0.15, -0.1) is 0 Å². The van der Waals surface area contributed by atoms with Gasteiger partial charge in [0.25, 0.3) is 5.56 Å². The maximum absolute atomic E-state index is 13.8. The minimum Gasteiger partial charge on any atom is -0.383 e. The van der Waals surface area contributed by atoms with Crippen LogP contribution < -0.4 is 10.9 Å². The highest BCUT2D eigenvalue weighted by molar-refractivity contribution is 5.95. The number of pyridine rings is 1. The van der Waals surface area contributed by atoms with Crippen LogP contribution in [-0.2, 0) is 16.1 Å². The molecule has 1 saturated carbocycles. The molecular formula is C18H18F2N2O3. The lowest BCUT2D eigenvalue weighted by atomic mass is 10.1. The minimum absolute atomic E-state index is 0.187. The molecule has 0 spiro atoms. The van der Waals surface area contributed by atoms with Crippen LogP contribution in [0.3, 0.4) is 0 Å². The fourth-order valence-corrected chi connectivity index (χ4v) is 2.84. The molecule has 0 radical (unpaired) electrons. The summed E-state index contributed by atoms with van der Waals surface area (Å²) < 4.78 is 33.2. The molecule has 1 fully saturated rings. The molecule has 132 valence electrons. The van der Waals surface area contributed by atoms with Crippen molar-refractivity contribution in [3.05, 3.63) is 64.1 Å². The van der Waals surface area contributed by atoms with Crippen LogP contribution in [0.15, 0.2) is 41.3 Å². The largest absolute Gasteiger partial charge is 0.383 e. The molecule has 0 unspecified atom stereocenters. The van der Waals surface area contributed by atoms with Gasteiger partial charge < -0.3 is 14.6 Å². The summed E-state index contributed by atoms with van der Waals surface area (Å²) in [6, 6.07) is 6.30. The third-order valence-corrected chi connectivity index (χ3v) is 4.28. The Hall–Kier alpha value is -2.54. The van der Waals surface area contributed by atoms with Gasteiger partial charge in [-0.1, -0.05) is 6.07 Å². The molecule has 1 heterocycles. The van der Waals surface area contributed by atoms with Gasteiger partial charge in [-0.05, 0) is 30.0 Å². The molecule has 25 heavy (non-hydrogen) atoms. The topological polar surface area (TPSA) is 60.3 Å². The van der Waals surface area contributed by atoms with Crippen molar-refractivity contribution in [2.75, 3.05) is 19.0 Å². The van der Waals surface area contributed by atoms with E-state index in [0.717, 1.165) is 6.07 Å². The molecule has 1 aliphatic rings. The van der Waals surface area contributed by atoms with Gasteiger partial charge >= 0.3 is 0 Å². The number of carbonyl (C=O) groups excluding carboxylic acids is 1. The number of hydrogen-bond donors (Lipinski definition) is 1. The average molecular weight is 348 g/mol. The number of hydrogen-bond acceptors (Lipinski definition) is 3. The molecule has 2 atom stereocenters. The van der Waals surface area contributed by atoms with Crippen LogP contribution >= 0.6 is 0 Å². The molecular weight excluding hydrogens is 330 g/mol. The number of amides is 1. The molecule has 1 amide bonds. The first-order valence-corrected chi connectivity index (χ1v) is 7.95. The molecule has 2 aromatic rings. The molecule has 1 N–H and O–H groups in total. The predicted octanol–water partition coefficient (Wildman–Crippen LogP) is 2.52. The quantitative estimate of drug-likeness (QED) is 0.873. The van der Waals surface area contributed by atoms with Gasteiger partial charge in [0, 0.05) is 37.9 Å². The lowest BCUT2D eigenvalue weighted by Gasteiger charge is -2.09. The number of ether oxygens (including phenoxy) is 1. The van der Waals surface area contributed by atoms with E-state index in [2.05, 4.69) is 5.32 Å². The molecule has 7 heteroatoms. The maximum atomic E-state index is 13.8. The summed E-state index contributed by atoms with van der Waals surface area (Å²) in [6.07, 6.45) is 2.06. The number of carbonyl (C=O) groups is 1. The number of anilines is 1. The maximum Gasteiger partial charge on any atom is 0.250 e. The Morgan fingerprint density at radius 3 is 2.84 bits per heavy atom. The summed E-state index contributed by atoms with van der Waals surface area (Å²) in [7, 11) is 1.54. The lowest BCUT2D eigenvalue weighted by molar-refractivity contribution is -0.117. The van der Waals surface area contributed by atoms with E-state index in [0.29, 0.717) is 30.8 Å². The van der Waals surface area contributed by atoms with Crippen LogP contribution in [0.1, 0.15) is 17.9 Å². The third-order valence-electron chi connectivity index (χ3n) is 4.28. The second kappa shape index (κ2) is 7.14. The first-order valence-electron chi connectivity index (χ1n) is 7.95. The van der Waals surface area contributed by atoms with Crippen molar-refractivity contribution < 1.29 is 18.3 Å². The van der Waals surface area contributed by atoms with E-state index in [1.54, 1.807) is 13.3 Å². The van der Waals surface area contributed by atoms with E-state index in [9.17, 15) is 18.4 Å². The van der Waals surface area contributed by atoms with Crippen molar-refractivity contribution in [3.8, 4) is 0 Å². The van der Waals surface area contributed by atoms with Gasteiger partial charge in [-0.2, -0.15) is 0 Å². The first kappa shape index (κ1) is 17.3. The monoisotopic (exact) mass is 348 g/mol. The zero-order valence-corrected chi connectivity index (χ0v) is 13.7. The van der Waals surface area contributed by atoms with Crippen LogP contribution in [-0.4, -0.2) is 24.2 Å². The van der Waals surface area contributed by atoms with E-state index in [4.69, 9.17) is 4.74 Å². The third kappa shape index (κ3) is 3.93. The van der Waals surface area contributed by atoms with Crippen molar-refractivity contribution in [1.82, 2.24) is 4.57 Å². The van der Waals surface area contributed by atoms with Gasteiger partial charge in [-0.3, -0.25) is 9.59 Å². The fourth-order valence-electron chi connectivity index (χ4n) is 2.84. The summed E-state index contributed by atoms with van der Waals surface area (Å²) in [4.78, 5) is 24.1. The molecule has 0 saturated heterocycles. The number of halogens is 2. The SMILES string of the molecule is COCCn1cc(NC(=O)[C@H]2C[C@H]2c2ccc(F)cc2F)ccc1=O. The summed E-state index contributed by atoms with van der Waals surface area (Å²) in [5.74, 6) is -2.13. The van der Waals surface area contributed by atoms with Crippen LogP contribution in [0, 0.1) is 17.6 Å². The predicted molar refractivity (Wildman–Crippen MR) is 88.4 cm³/mol. The van der Waals surface area contributed by atoms with Gasteiger partial charge in [0.2, 0.25) is 5.91 Å². The number of nitrogens with one attached hydrogen (secondary N) is 1. The highest BCUT2D eigenvalue weighted by Crippen LogP contribution is 2.48. The summed E-state index contributed by atoms with van der Waals surface area (Å²) in [6.45, 7) is 0.762.